The minimum Gasteiger partial charge on any atom is -0.390 e. The van der Waals surface area contributed by atoms with Crippen LogP contribution in [-0.4, -0.2) is 38.3 Å². The van der Waals surface area contributed by atoms with Crippen LogP contribution >= 0.6 is 11.8 Å². The third-order valence-corrected chi connectivity index (χ3v) is 4.04. The van der Waals surface area contributed by atoms with Crippen LogP contribution in [0, 0.1) is 6.92 Å². The van der Waals surface area contributed by atoms with Gasteiger partial charge in [-0.2, -0.15) is 0 Å². The first-order valence-corrected chi connectivity index (χ1v) is 7.44. The molecule has 0 fully saturated rings. The van der Waals surface area contributed by atoms with Gasteiger partial charge in [0.1, 0.15) is 5.82 Å². The van der Waals surface area contributed by atoms with Gasteiger partial charge in [0.05, 0.1) is 19.3 Å². The molecule has 1 N–H and O–H groups in total. The van der Waals surface area contributed by atoms with Gasteiger partial charge in [-0.1, -0.05) is 42.1 Å². The van der Waals surface area contributed by atoms with E-state index in [-0.39, 0.29) is 0 Å². The van der Waals surface area contributed by atoms with E-state index in [0.717, 1.165) is 16.5 Å². The molecule has 5 nitrogen and oxygen atoms in total. The van der Waals surface area contributed by atoms with Crippen molar-refractivity contribution < 1.29 is 9.84 Å². The molecule has 6 heteroatoms. The standard InChI is InChI=1S/C14H19N3O2S/c1-11-15-16-14(17(11)2)20-10-13(18)9-19-8-12-6-4-3-5-7-12/h3-7,13,18H,8-10H2,1-2H3. The zero-order valence-corrected chi connectivity index (χ0v) is 12.5. The molecule has 1 atom stereocenters. The Hall–Kier alpha value is -1.37. The van der Waals surface area contributed by atoms with Crippen LogP contribution in [0.5, 0.6) is 0 Å². The van der Waals surface area contributed by atoms with E-state index in [4.69, 9.17) is 4.74 Å². The Morgan fingerprint density at radius 3 is 2.70 bits per heavy atom. The zero-order chi connectivity index (χ0) is 14.4. The smallest absolute Gasteiger partial charge is 0.191 e. The second kappa shape index (κ2) is 7.42. The summed E-state index contributed by atoms with van der Waals surface area (Å²) in [6.45, 7) is 2.74. The maximum atomic E-state index is 9.88. The highest BCUT2D eigenvalue weighted by molar-refractivity contribution is 7.99. The maximum absolute atomic E-state index is 9.88. The van der Waals surface area contributed by atoms with Gasteiger partial charge in [-0.3, -0.25) is 0 Å². The van der Waals surface area contributed by atoms with Gasteiger partial charge in [0.2, 0.25) is 0 Å². The fourth-order valence-electron chi connectivity index (χ4n) is 1.62. The maximum Gasteiger partial charge on any atom is 0.191 e. The molecular formula is C14H19N3O2S. The zero-order valence-electron chi connectivity index (χ0n) is 11.7. The molecule has 1 aromatic heterocycles. The lowest BCUT2D eigenvalue weighted by molar-refractivity contribution is 0.0397. The average molecular weight is 293 g/mol. The first kappa shape index (κ1) is 15.0. The van der Waals surface area contributed by atoms with Gasteiger partial charge in [0.25, 0.3) is 0 Å². The second-order valence-corrected chi connectivity index (χ2v) is 5.54. The number of aryl methyl sites for hydroxylation is 1. The molecule has 2 aromatic rings. The van der Waals surface area contributed by atoms with Crippen molar-refractivity contribution in [2.45, 2.75) is 24.8 Å². The third kappa shape index (κ3) is 4.33. The Kier molecular flexibility index (Phi) is 5.58. The molecule has 20 heavy (non-hydrogen) atoms. The Bertz CT molecular complexity index is 530. The van der Waals surface area contributed by atoms with Crippen LogP contribution in [0.25, 0.3) is 0 Å². The quantitative estimate of drug-likeness (QED) is 0.789. The monoisotopic (exact) mass is 293 g/mol. The molecule has 1 aromatic carbocycles. The molecule has 0 saturated carbocycles. The predicted octanol–water partition coefficient (Wildman–Crippen LogP) is 1.79. The van der Waals surface area contributed by atoms with E-state index in [9.17, 15) is 5.11 Å². The number of ether oxygens (including phenoxy) is 1. The van der Waals surface area contributed by atoms with Crippen LogP contribution < -0.4 is 0 Å². The lowest BCUT2D eigenvalue weighted by Gasteiger charge is -2.10. The van der Waals surface area contributed by atoms with E-state index < -0.39 is 6.10 Å². The molecule has 1 heterocycles. The molecule has 0 spiro atoms. The third-order valence-electron chi connectivity index (χ3n) is 2.88. The summed E-state index contributed by atoms with van der Waals surface area (Å²) >= 11 is 1.48. The molecule has 0 saturated heterocycles. The number of aromatic nitrogens is 3. The molecule has 108 valence electrons. The van der Waals surface area contributed by atoms with E-state index in [1.165, 1.54) is 11.8 Å². The first-order valence-electron chi connectivity index (χ1n) is 6.45. The van der Waals surface area contributed by atoms with Crippen LogP contribution in [0.4, 0.5) is 0 Å². The summed E-state index contributed by atoms with van der Waals surface area (Å²) in [5.74, 6) is 1.41. The van der Waals surface area contributed by atoms with Gasteiger partial charge in [-0.15, -0.1) is 10.2 Å². The van der Waals surface area contributed by atoms with Crippen molar-refractivity contribution >= 4 is 11.8 Å². The van der Waals surface area contributed by atoms with Crippen molar-refractivity contribution in [1.82, 2.24) is 14.8 Å². The second-order valence-electron chi connectivity index (χ2n) is 4.55. The molecule has 2 rings (SSSR count). The number of hydrogen-bond acceptors (Lipinski definition) is 5. The number of aliphatic hydroxyl groups excluding tert-OH is 1. The highest BCUT2D eigenvalue weighted by Crippen LogP contribution is 2.16. The lowest BCUT2D eigenvalue weighted by atomic mass is 10.2. The van der Waals surface area contributed by atoms with Crippen molar-refractivity contribution in [3.05, 3.63) is 41.7 Å². The minimum absolute atomic E-state index is 0.318. The van der Waals surface area contributed by atoms with Gasteiger partial charge in [-0.05, 0) is 12.5 Å². The Balaban J connectivity index is 1.68. The number of benzene rings is 1. The summed E-state index contributed by atoms with van der Waals surface area (Å²) in [5.41, 5.74) is 1.11. The Morgan fingerprint density at radius 2 is 2.05 bits per heavy atom. The summed E-state index contributed by atoms with van der Waals surface area (Å²) in [6, 6.07) is 9.92. The van der Waals surface area contributed by atoms with Crippen molar-refractivity contribution in [3.63, 3.8) is 0 Å². The molecule has 0 aliphatic heterocycles. The molecule has 1 unspecified atom stereocenters. The van der Waals surface area contributed by atoms with Crippen molar-refractivity contribution in [3.8, 4) is 0 Å². The predicted molar refractivity (Wildman–Crippen MR) is 78.6 cm³/mol. The summed E-state index contributed by atoms with van der Waals surface area (Å²) in [6.07, 6.45) is -0.513. The van der Waals surface area contributed by atoms with Crippen LogP contribution in [0.2, 0.25) is 0 Å². The normalized spacial score (nSPS) is 12.6. The van der Waals surface area contributed by atoms with Crippen molar-refractivity contribution in [2.24, 2.45) is 7.05 Å². The molecule has 0 amide bonds. The van der Waals surface area contributed by atoms with E-state index >= 15 is 0 Å². The summed E-state index contributed by atoms with van der Waals surface area (Å²) < 4.78 is 7.40. The molecule has 0 aliphatic carbocycles. The largest absolute Gasteiger partial charge is 0.390 e. The molecule has 0 aliphatic rings. The number of hydrogen-bond donors (Lipinski definition) is 1. The van der Waals surface area contributed by atoms with E-state index in [0.29, 0.717) is 19.0 Å². The summed E-state index contributed by atoms with van der Waals surface area (Å²) in [5, 5.41) is 18.7. The topological polar surface area (TPSA) is 60.2 Å². The average Bonchev–Trinajstić information content (AvgIpc) is 2.78. The van der Waals surface area contributed by atoms with Gasteiger partial charge in [-0.25, -0.2) is 0 Å². The lowest BCUT2D eigenvalue weighted by Crippen LogP contribution is -2.18. The highest BCUT2D eigenvalue weighted by atomic mass is 32.2. The minimum atomic E-state index is -0.513. The number of rotatable bonds is 7. The van der Waals surface area contributed by atoms with Crippen LogP contribution in [0.3, 0.4) is 0 Å². The SMILES string of the molecule is Cc1nnc(SCC(O)COCc2ccccc2)n1C. The van der Waals surface area contributed by atoms with Gasteiger partial charge in [0.15, 0.2) is 5.16 Å². The van der Waals surface area contributed by atoms with E-state index in [2.05, 4.69) is 10.2 Å². The van der Waals surface area contributed by atoms with Gasteiger partial charge in [0, 0.05) is 12.8 Å². The molecular weight excluding hydrogens is 274 g/mol. The van der Waals surface area contributed by atoms with E-state index in [1.54, 1.807) is 0 Å². The molecule has 0 radical (unpaired) electrons. The summed E-state index contributed by atoms with van der Waals surface area (Å²) in [4.78, 5) is 0. The van der Waals surface area contributed by atoms with E-state index in [1.807, 2.05) is 48.9 Å². The van der Waals surface area contributed by atoms with Gasteiger partial charge < -0.3 is 14.4 Å². The molecule has 0 bridgehead atoms. The summed E-state index contributed by atoms with van der Waals surface area (Å²) in [7, 11) is 1.91. The van der Waals surface area contributed by atoms with Crippen LogP contribution in [-0.2, 0) is 18.4 Å². The first-order chi connectivity index (χ1) is 9.66. The number of aliphatic hydroxyl groups is 1. The number of nitrogens with zero attached hydrogens (tertiary/aromatic N) is 3. The Morgan fingerprint density at radius 1 is 1.30 bits per heavy atom. The van der Waals surface area contributed by atoms with Crippen molar-refractivity contribution in [2.75, 3.05) is 12.4 Å². The highest BCUT2D eigenvalue weighted by Gasteiger charge is 2.10. The van der Waals surface area contributed by atoms with Crippen molar-refractivity contribution in [1.29, 1.82) is 0 Å². The fourth-order valence-corrected chi connectivity index (χ4v) is 2.48. The van der Waals surface area contributed by atoms with Gasteiger partial charge >= 0.3 is 0 Å². The Labute approximate surface area is 123 Å². The number of thioether (sulfide) groups is 1. The van der Waals surface area contributed by atoms with Crippen LogP contribution in [0.1, 0.15) is 11.4 Å². The fraction of sp³-hybridized carbons (Fsp3) is 0.429. The van der Waals surface area contributed by atoms with Crippen LogP contribution in [0.15, 0.2) is 35.5 Å².